The van der Waals surface area contributed by atoms with Gasteiger partial charge in [-0.3, -0.25) is 9.59 Å². The minimum absolute atomic E-state index is 0.343. The van der Waals surface area contributed by atoms with Gasteiger partial charge in [0.2, 0.25) is 5.91 Å². The molecule has 0 aliphatic rings. The average molecular weight is 261 g/mol. The van der Waals surface area contributed by atoms with E-state index in [1.54, 1.807) is 16.7 Å². The first-order valence-electron chi connectivity index (χ1n) is 5.17. The van der Waals surface area contributed by atoms with E-state index in [1.165, 1.54) is 23.5 Å². The molecule has 1 aromatic carbocycles. The molecule has 6 heteroatoms. The van der Waals surface area contributed by atoms with Gasteiger partial charge in [-0.25, -0.2) is 0 Å². The maximum atomic E-state index is 11.9. The lowest BCUT2D eigenvalue weighted by Gasteiger charge is -1.97. The van der Waals surface area contributed by atoms with E-state index in [9.17, 15) is 9.59 Å². The minimum atomic E-state index is -0.518. The summed E-state index contributed by atoms with van der Waals surface area (Å²) >= 11 is 1.38. The van der Waals surface area contributed by atoms with E-state index in [0.717, 1.165) is 0 Å². The summed E-state index contributed by atoms with van der Waals surface area (Å²) in [6.07, 6.45) is 1.83. The van der Waals surface area contributed by atoms with Crippen LogP contribution >= 0.6 is 11.3 Å². The predicted octanol–water partition coefficient (Wildman–Crippen LogP) is 0.927. The number of hydrogen-bond donors (Lipinski definition) is 1. The molecule has 92 valence electrons. The fourth-order valence-electron chi connectivity index (χ4n) is 1.36. The smallest absolute Gasteiger partial charge is 0.279 e. The second kappa shape index (κ2) is 4.97. The zero-order valence-corrected chi connectivity index (χ0v) is 10.5. The molecule has 1 heterocycles. The second-order valence-electron chi connectivity index (χ2n) is 3.66. The molecule has 0 aliphatic heterocycles. The summed E-state index contributed by atoms with van der Waals surface area (Å²) in [6, 6.07) is 6.11. The predicted molar refractivity (Wildman–Crippen MR) is 68.1 cm³/mol. The number of thiazole rings is 1. The Morgan fingerprint density at radius 3 is 2.33 bits per heavy atom. The first-order valence-corrected chi connectivity index (χ1v) is 6.05. The van der Waals surface area contributed by atoms with E-state index in [4.69, 9.17) is 5.73 Å². The third kappa shape index (κ3) is 2.54. The summed E-state index contributed by atoms with van der Waals surface area (Å²) in [5.41, 5.74) is 5.91. The van der Waals surface area contributed by atoms with Gasteiger partial charge >= 0.3 is 0 Å². The van der Waals surface area contributed by atoms with E-state index >= 15 is 0 Å². The first-order chi connectivity index (χ1) is 8.58. The maximum absolute atomic E-state index is 11.9. The molecule has 0 radical (unpaired) electrons. The Hall–Kier alpha value is -2.21. The number of aromatic nitrogens is 1. The topological polar surface area (TPSA) is 77.4 Å². The van der Waals surface area contributed by atoms with Crippen LogP contribution in [-0.4, -0.2) is 16.4 Å². The van der Waals surface area contributed by atoms with Crippen LogP contribution < -0.4 is 10.5 Å². The molecule has 0 bridgehead atoms. The summed E-state index contributed by atoms with van der Waals surface area (Å²) in [6.45, 7) is 0. The van der Waals surface area contributed by atoms with E-state index < -0.39 is 5.91 Å². The van der Waals surface area contributed by atoms with Gasteiger partial charge < -0.3 is 10.3 Å². The van der Waals surface area contributed by atoms with Crippen LogP contribution in [0.2, 0.25) is 0 Å². The molecule has 1 aromatic heterocycles. The largest absolute Gasteiger partial charge is 0.366 e. The number of amides is 2. The molecule has 2 rings (SSSR count). The van der Waals surface area contributed by atoms with Crippen molar-refractivity contribution in [1.82, 2.24) is 4.57 Å². The Morgan fingerprint density at radius 2 is 1.83 bits per heavy atom. The van der Waals surface area contributed by atoms with Gasteiger partial charge in [-0.1, -0.05) is 0 Å². The molecule has 2 amide bonds. The number of rotatable bonds is 2. The SMILES string of the molecule is Cn1ccsc1=NC(=O)c1ccc(C(N)=O)cc1. The van der Waals surface area contributed by atoms with Crippen LogP contribution in [0.4, 0.5) is 0 Å². The molecule has 18 heavy (non-hydrogen) atoms. The number of hydrogen-bond acceptors (Lipinski definition) is 3. The number of carbonyl (C=O) groups excluding carboxylic acids is 2. The molecule has 2 aromatic rings. The van der Waals surface area contributed by atoms with Crippen LogP contribution in [0, 0.1) is 0 Å². The van der Waals surface area contributed by atoms with E-state index in [-0.39, 0.29) is 5.91 Å². The normalized spacial score (nSPS) is 11.5. The van der Waals surface area contributed by atoms with Gasteiger partial charge in [-0.2, -0.15) is 4.99 Å². The lowest BCUT2D eigenvalue weighted by Crippen LogP contribution is -2.13. The van der Waals surface area contributed by atoms with Gasteiger partial charge in [-0.15, -0.1) is 11.3 Å². The van der Waals surface area contributed by atoms with Crippen molar-refractivity contribution in [3.8, 4) is 0 Å². The average Bonchev–Trinajstić information content (AvgIpc) is 2.75. The van der Waals surface area contributed by atoms with E-state index in [2.05, 4.69) is 4.99 Å². The van der Waals surface area contributed by atoms with Crippen LogP contribution in [0.15, 0.2) is 40.8 Å². The van der Waals surface area contributed by atoms with E-state index in [0.29, 0.717) is 15.9 Å². The van der Waals surface area contributed by atoms with Crippen LogP contribution in [0.1, 0.15) is 20.7 Å². The summed E-state index contributed by atoms with van der Waals surface area (Å²) in [5, 5.41) is 1.85. The maximum Gasteiger partial charge on any atom is 0.279 e. The highest BCUT2D eigenvalue weighted by Crippen LogP contribution is 2.05. The molecule has 0 unspecified atom stereocenters. The zero-order valence-electron chi connectivity index (χ0n) is 9.66. The Labute approximate surface area is 107 Å². The van der Waals surface area contributed by atoms with Gasteiger partial charge in [0, 0.05) is 29.8 Å². The van der Waals surface area contributed by atoms with Crippen LogP contribution in [0.25, 0.3) is 0 Å². The highest BCUT2D eigenvalue weighted by Gasteiger charge is 2.06. The summed E-state index contributed by atoms with van der Waals surface area (Å²) in [5.74, 6) is -0.861. The molecule has 0 saturated heterocycles. The fraction of sp³-hybridized carbons (Fsp3) is 0.0833. The summed E-state index contributed by atoms with van der Waals surface area (Å²) in [7, 11) is 1.82. The van der Waals surface area contributed by atoms with Crippen LogP contribution in [-0.2, 0) is 7.05 Å². The van der Waals surface area contributed by atoms with Gasteiger partial charge in [0.1, 0.15) is 0 Å². The molecule has 0 saturated carbocycles. The van der Waals surface area contributed by atoms with Gasteiger partial charge in [0.05, 0.1) is 0 Å². The number of nitrogens with zero attached hydrogens (tertiary/aromatic N) is 2. The lowest BCUT2D eigenvalue weighted by molar-refractivity contribution is 0.0987. The molecular formula is C12H11N3O2S. The fourth-order valence-corrected chi connectivity index (χ4v) is 2.09. The van der Waals surface area contributed by atoms with Gasteiger partial charge in [0.25, 0.3) is 5.91 Å². The number of primary amides is 1. The van der Waals surface area contributed by atoms with Crippen molar-refractivity contribution in [2.75, 3.05) is 0 Å². The molecule has 0 spiro atoms. The monoisotopic (exact) mass is 261 g/mol. The number of carbonyl (C=O) groups is 2. The zero-order chi connectivity index (χ0) is 13.1. The van der Waals surface area contributed by atoms with Crippen molar-refractivity contribution in [3.63, 3.8) is 0 Å². The highest BCUT2D eigenvalue weighted by molar-refractivity contribution is 7.07. The van der Waals surface area contributed by atoms with Crippen LogP contribution in [0.3, 0.4) is 0 Å². The van der Waals surface area contributed by atoms with Crippen molar-refractivity contribution in [2.45, 2.75) is 0 Å². The Morgan fingerprint density at radius 1 is 1.22 bits per heavy atom. The summed E-state index contributed by atoms with van der Waals surface area (Å²) < 4.78 is 1.76. The third-order valence-electron chi connectivity index (χ3n) is 2.37. The third-order valence-corrected chi connectivity index (χ3v) is 3.22. The van der Waals surface area contributed by atoms with Crippen LogP contribution in [0.5, 0.6) is 0 Å². The molecule has 2 N–H and O–H groups in total. The van der Waals surface area contributed by atoms with Gasteiger partial charge in [-0.05, 0) is 24.3 Å². The van der Waals surface area contributed by atoms with Crippen molar-refractivity contribution in [3.05, 3.63) is 51.8 Å². The number of nitrogens with two attached hydrogens (primary N) is 1. The first kappa shape index (κ1) is 12.3. The van der Waals surface area contributed by atoms with Crippen molar-refractivity contribution in [1.29, 1.82) is 0 Å². The van der Waals surface area contributed by atoms with Crippen molar-refractivity contribution in [2.24, 2.45) is 17.8 Å². The minimum Gasteiger partial charge on any atom is -0.366 e. The summed E-state index contributed by atoms with van der Waals surface area (Å²) in [4.78, 5) is 27.4. The lowest BCUT2D eigenvalue weighted by atomic mass is 10.1. The van der Waals surface area contributed by atoms with E-state index in [1.807, 2.05) is 18.6 Å². The molecule has 0 aliphatic carbocycles. The quantitative estimate of drug-likeness (QED) is 0.872. The molecular weight excluding hydrogens is 250 g/mol. The Bertz CT molecular complexity index is 652. The number of benzene rings is 1. The molecule has 0 atom stereocenters. The van der Waals surface area contributed by atoms with Gasteiger partial charge in [0.15, 0.2) is 4.80 Å². The Kier molecular flexibility index (Phi) is 3.38. The molecule has 0 fully saturated rings. The standard InChI is InChI=1S/C12H11N3O2S/c1-15-6-7-18-12(15)14-11(17)9-4-2-8(3-5-9)10(13)16/h2-7H,1H3,(H2,13,16). The van der Waals surface area contributed by atoms with Crippen molar-refractivity contribution < 1.29 is 9.59 Å². The highest BCUT2D eigenvalue weighted by atomic mass is 32.1. The Balaban J connectivity index is 2.30. The molecule has 5 nitrogen and oxygen atoms in total. The van der Waals surface area contributed by atoms with Crippen molar-refractivity contribution >= 4 is 23.2 Å². The number of aryl methyl sites for hydroxylation is 1. The second-order valence-corrected chi connectivity index (χ2v) is 4.53.